The van der Waals surface area contributed by atoms with Crippen LogP contribution < -0.4 is 5.32 Å². The zero-order valence-corrected chi connectivity index (χ0v) is 15.0. The lowest BCUT2D eigenvalue weighted by Gasteiger charge is -2.27. The number of nitrogens with one attached hydrogen (secondary N) is 1. The Hall–Kier alpha value is -1.84. The van der Waals surface area contributed by atoms with Gasteiger partial charge in [0.2, 0.25) is 5.91 Å². The Labute approximate surface area is 144 Å². The highest BCUT2D eigenvalue weighted by Gasteiger charge is 2.29. The predicted molar refractivity (Wildman–Crippen MR) is 95.3 cm³/mol. The first-order valence-corrected chi connectivity index (χ1v) is 9.17. The Balaban J connectivity index is 1.93. The van der Waals surface area contributed by atoms with E-state index in [4.69, 9.17) is 0 Å². The van der Waals surface area contributed by atoms with E-state index in [0.717, 1.165) is 15.6 Å². The minimum atomic E-state index is -0.838. The molecular formula is C17H19N3OS2. The highest BCUT2D eigenvalue weighted by molar-refractivity contribution is 8.01. The summed E-state index contributed by atoms with van der Waals surface area (Å²) >= 11 is 2.92. The van der Waals surface area contributed by atoms with Crippen LogP contribution in [0.5, 0.6) is 0 Å². The second-order valence-corrected chi connectivity index (χ2v) is 7.75. The highest BCUT2D eigenvalue weighted by atomic mass is 32.2. The summed E-state index contributed by atoms with van der Waals surface area (Å²) in [4.78, 5) is 16.6. The first-order valence-electron chi connectivity index (χ1n) is 7.30. The molecule has 0 unspecified atom stereocenters. The van der Waals surface area contributed by atoms with Crippen molar-refractivity contribution in [2.45, 2.75) is 30.6 Å². The van der Waals surface area contributed by atoms with Gasteiger partial charge in [-0.15, -0.1) is 11.3 Å². The average Bonchev–Trinajstić information content (AvgIpc) is 3.02. The van der Waals surface area contributed by atoms with Gasteiger partial charge in [0, 0.05) is 10.9 Å². The van der Waals surface area contributed by atoms with E-state index in [0.29, 0.717) is 0 Å². The molecule has 0 aliphatic carbocycles. The van der Waals surface area contributed by atoms with Crippen LogP contribution in [0.2, 0.25) is 0 Å². The maximum Gasteiger partial charge on any atom is 0.231 e. The fourth-order valence-corrected chi connectivity index (χ4v) is 3.45. The normalized spacial score (nSPS) is 13.3. The number of hydrogen-bond donors (Lipinski definition) is 1. The smallest absolute Gasteiger partial charge is 0.231 e. The second kappa shape index (κ2) is 7.62. The number of nitriles is 1. The van der Waals surface area contributed by atoms with E-state index in [1.165, 1.54) is 23.1 Å². The number of thioether (sulfide) groups is 1. The minimum Gasteiger partial charge on any atom is -0.337 e. The lowest BCUT2D eigenvalue weighted by Crippen LogP contribution is -2.49. The van der Waals surface area contributed by atoms with Crippen LogP contribution in [0.15, 0.2) is 40.1 Å². The van der Waals surface area contributed by atoms with Gasteiger partial charge >= 0.3 is 0 Å². The maximum atomic E-state index is 12.1. The number of hydrogen-bond acceptors (Lipinski definition) is 5. The zero-order valence-electron chi connectivity index (χ0n) is 13.4. The fraction of sp³-hybridized carbons (Fsp3) is 0.353. The van der Waals surface area contributed by atoms with Gasteiger partial charge in [-0.2, -0.15) is 5.26 Å². The van der Waals surface area contributed by atoms with Crippen molar-refractivity contribution >= 4 is 29.0 Å². The van der Waals surface area contributed by atoms with E-state index in [2.05, 4.69) is 16.4 Å². The number of rotatable bonds is 6. The average molecular weight is 345 g/mol. The number of carbonyl (C=O) groups excluding carboxylic acids is 1. The summed E-state index contributed by atoms with van der Waals surface area (Å²) in [6.45, 7) is 5.59. The van der Waals surface area contributed by atoms with Gasteiger partial charge in [0.1, 0.15) is 5.54 Å². The van der Waals surface area contributed by atoms with Crippen molar-refractivity contribution in [1.29, 1.82) is 5.26 Å². The molecule has 0 radical (unpaired) electrons. The Bertz CT molecular complexity index is 706. The molecule has 0 aliphatic rings. The molecule has 1 atom stereocenters. The predicted octanol–water partition coefficient (Wildman–Crippen LogP) is 3.96. The van der Waals surface area contributed by atoms with Gasteiger partial charge in [-0.1, -0.05) is 55.9 Å². The Morgan fingerprint density at radius 1 is 1.43 bits per heavy atom. The number of carbonyl (C=O) groups is 1. The third-order valence-corrected chi connectivity index (χ3v) is 5.69. The monoisotopic (exact) mass is 345 g/mol. The molecule has 120 valence electrons. The van der Waals surface area contributed by atoms with Crippen LogP contribution >= 0.6 is 23.1 Å². The molecule has 2 rings (SSSR count). The third-order valence-electron chi connectivity index (χ3n) is 3.67. The Morgan fingerprint density at radius 2 is 2.13 bits per heavy atom. The Morgan fingerprint density at radius 3 is 2.74 bits per heavy atom. The molecule has 0 fully saturated rings. The van der Waals surface area contributed by atoms with Crippen LogP contribution in [0.3, 0.4) is 0 Å². The maximum absolute atomic E-state index is 12.1. The Kier molecular flexibility index (Phi) is 5.80. The highest BCUT2D eigenvalue weighted by Crippen LogP contribution is 2.28. The first-order chi connectivity index (χ1) is 10.9. The van der Waals surface area contributed by atoms with Crippen LogP contribution in [0, 0.1) is 17.2 Å². The standard InChI is InChI=1S/C17H19N3OS2/c1-12(2)17(3,11-18)20-15(21)10-23-16-19-14(9-22-16)13-7-5-4-6-8-13/h4-9,12H,10H2,1-3H3,(H,20,21)/t17-/m1/s1. The molecule has 6 heteroatoms. The molecule has 1 amide bonds. The zero-order chi connectivity index (χ0) is 16.9. The number of amides is 1. The molecule has 0 bridgehead atoms. The SMILES string of the molecule is CC(C)[C@@](C)(C#N)NC(=O)CSc1nc(-c2ccccc2)cs1. The summed E-state index contributed by atoms with van der Waals surface area (Å²) in [5.74, 6) is 0.154. The van der Waals surface area contributed by atoms with E-state index in [9.17, 15) is 10.1 Å². The molecule has 4 nitrogen and oxygen atoms in total. The van der Waals surface area contributed by atoms with Crippen LogP contribution in [-0.4, -0.2) is 22.2 Å². The van der Waals surface area contributed by atoms with Crippen molar-refractivity contribution in [1.82, 2.24) is 10.3 Å². The summed E-state index contributed by atoms with van der Waals surface area (Å²) < 4.78 is 0.849. The largest absolute Gasteiger partial charge is 0.337 e. The van der Waals surface area contributed by atoms with E-state index in [1.807, 2.05) is 49.6 Å². The minimum absolute atomic E-state index is 0.0472. The number of nitrogens with zero attached hydrogens (tertiary/aromatic N) is 2. The number of benzene rings is 1. The molecule has 0 saturated carbocycles. The molecule has 0 spiro atoms. The van der Waals surface area contributed by atoms with Crippen LogP contribution in [0.4, 0.5) is 0 Å². The fourth-order valence-electron chi connectivity index (χ4n) is 1.82. The van der Waals surface area contributed by atoms with Gasteiger partial charge in [0.25, 0.3) is 0 Å². The van der Waals surface area contributed by atoms with Crippen molar-refractivity contribution in [3.63, 3.8) is 0 Å². The van der Waals surface area contributed by atoms with Gasteiger partial charge in [-0.25, -0.2) is 4.98 Å². The lowest BCUT2D eigenvalue weighted by atomic mass is 9.90. The van der Waals surface area contributed by atoms with Crippen molar-refractivity contribution < 1.29 is 4.79 Å². The molecule has 0 aliphatic heterocycles. The lowest BCUT2D eigenvalue weighted by molar-refractivity contribution is -0.120. The van der Waals surface area contributed by atoms with Crippen molar-refractivity contribution in [2.24, 2.45) is 5.92 Å². The van der Waals surface area contributed by atoms with Crippen molar-refractivity contribution in [2.75, 3.05) is 5.75 Å². The van der Waals surface area contributed by atoms with Crippen molar-refractivity contribution in [3.05, 3.63) is 35.7 Å². The van der Waals surface area contributed by atoms with Crippen LogP contribution in [0.1, 0.15) is 20.8 Å². The summed E-state index contributed by atoms with van der Waals surface area (Å²) in [5, 5.41) is 14.0. The van der Waals surface area contributed by atoms with Crippen molar-refractivity contribution in [3.8, 4) is 17.3 Å². The summed E-state index contributed by atoms with van der Waals surface area (Å²) in [6, 6.07) is 12.1. The van der Waals surface area contributed by atoms with E-state index in [-0.39, 0.29) is 17.6 Å². The van der Waals surface area contributed by atoms with Crippen LogP contribution in [-0.2, 0) is 4.79 Å². The van der Waals surface area contributed by atoms with E-state index in [1.54, 1.807) is 6.92 Å². The topological polar surface area (TPSA) is 65.8 Å². The third kappa shape index (κ3) is 4.57. The van der Waals surface area contributed by atoms with Gasteiger partial charge in [-0.3, -0.25) is 4.79 Å². The van der Waals surface area contributed by atoms with Gasteiger partial charge in [0.15, 0.2) is 4.34 Å². The first kappa shape index (κ1) is 17.5. The number of aromatic nitrogens is 1. The molecule has 1 aromatic heterocycles. The molecule has 1 aromatic carbocycles. The molecule has 2 aromatic rings. The molecular weight excluding hydrogens is 326 g/mol. The summed E-state index contributed by atoms with van der Waals surface area (Å²) in [5.41, 5.74) is 1.15. The number of thiazole rings is 1. The molecule has 1 N–H and O–H groups in total. The van der Waals surface area contributed by atoms with Gasteiger partial charge in [-0.05, 0) is 12.8 Å². The van der Waals surface area contributed by atoms with Gasteiger partial charge in [0.05, 0.1) is 17.5 Å². The molecule has 23 heavy (non-hydrogen) atoms. The summed E-state index contributed by atoms with van der Waals surface area (Å²) in [7, 11) is 0. The van der Waals surface area contributed by atoms with E-state index < -0.39 is 5.54 Å². The quantitative estimate of drug-likeness (QED) is 0.805. The molecule has 1 heterocycles. The van der Waals surface area contributed by atoms with E-state index >= 15 is 0 Å². The summed E-state index contributed by atoms with van der Waals surface area (Å²) in [6.07, 6.45) is 0. The van der Waals surface area contributed by atoms with Gasteiger partial charge < -0.3 is 5.32 Å². The molecule has 0 saturated heterocycles. The second-order valence-electron chi connectivity index (χ2n) is 5.67. The van der Waals surface area contributed by atoms with Crippen LogP contribution in [0.25, 0.3) is 11.3 Å².